The lowest BCUT2D eigenvalue weighted by Crippen LogP contribution is -2.48. The maximum atomic E-state index is 14.3. The standard InChI is InChI=1S/C34H47N5O7S/c1-24-19-39(25(2)22-40)34(42)29-18-28(36-47(43,44)32-21-37(4)23-35-32)14-15-30(29)46-26(3)11-9-10-16-45-31(24)20-38(5)33(41)17-27-12-7-6-8-13-27/h6-8,12-15,18,21,23-26,31,36,40H,9-11,16-17,19-20,22H2,1-5H3/t24-,25+,26+,31+/m1/s1. The molecule has 3 aromatic rings. The van der Waals surface area contributed by atoms with Gasteiger partial charge in [-0.05, 0) is 56.9 Å². The summed E-state index contributed by atoms with van der Waals surface area (Å²) in [5, 5.41) is 10.0. The first-order valence-corrected chi connectivity index (χ1v) is 17.5. The number of aliphatic hydroxyl groups excluding tert-OH is 1. The maximum Gasteiger partial charge on any atom is 0.280 e. The molecule has 2 heterocycles. The number of hydrogen-bond donors (Lipinski definition) is 2. The van der Waals surface area contributed by atoms with Gasteiger partial charge in [0, 0.05) is 51.6 Å². The van der Waals surface area contributed by atoms with Crippen molar-refractivity contribution in [3.63, 3.8) is 0 Å². The fourth-order valence-corrected chi connectivity index (χ4v) is 6.49. The van der Waals surface area contributed by atoms with E-state index in [1.165, 1.54) is 23.2 Å². The Labute approximate surface area is 277 Å². The van der Waals surface area contributed by atoms with Crippen molar-refractivity contribution in [3.05, 3.63) is 72.2 Å². The summed E-state index contributed by atoms with van der Waals surface area (Å²) in [5.74, 6) is -0.369. The average Bonchev–Trinajstić information content (AvgIpc) is 3.50. The summed E-state index contributed by atoms with van der Waals surface area (Å²) in [6.45, 7) is 6.37. The van der Waals surface area contributed by atoms with Crippen molar-refractivity contribution >= 4 is 27.5 Å². The Bertz CT molecular complexity index is 1600. The number of carbonyl (C=O) groups is 2. The molecule has 0 saturated heterocycles. The lowest BCUT2D eigenvalue weighted by Gasteiger charge is -2.36. The highest BCUT2D eigenvalue weighted by Crippen LogP contribution is 2.29. The number of aryl methyl sites for hydroxylation is 1. The molecule has 1 aliphatic rings. The summed E-state index contributed by atoms with van der Waals surface area (Å²) in [6.07, 6.45) is 4.74. The number of aliphatic hydroxyl groups is 1. The quantitative estimate of drug-likeness (QED) is 0.351. The Balaban J connectivity index is 1.62. The van der Waals surface area contributed by atoms with E-state index in [0.717, 1.165) is 18.4 Å². The van der Waals surface area contributed by atoms with Crippen molar-refractivity contribution in [1.29, 1.82) is 0 Å². The fraction of sp³-hybridized carbons (Fsp3) is 0.500. The molecular weight excluding hydrogens is 622 g/mol. The largest absolute Gasteiger partial charge is 0.490 e. The average molecular weight is 670 g/mol. The third-order valence-corrected chi connectivity index (χ3v) is 9.60. The van der Waals surface area contributed by atoms with E-state index in [-0.39, 0.29) is 59.9 Å². The highest BCUT2D eigenvalue weighted by Gasteiger charge is 2.31. The molecule has 0 bridgehead atoms. The third-order valence-electron chi connectivity index (χ3n) is 8.34. The molecule has 12 nitrogen and oxygen atoms in total. The number of aromatic nitrogens is 2. The number of amides is 2. The predicted octanol–water partition coefficient (Wildman–Crippen LogP) is 3.72. The highest BCUT2D eigenvalue weighted by molar-refractivity contribution is 7.92. The number of nitrogens with one attached hydrogen (secondary N) is 1. The minimum absolute atomic E-state index is 0.0383. The first-order valence-electron chi connectivity index (χ1n) is 16.0. The second-order valence-corrected chi connectivity index (χ2v) is 14.1. The molecule has 0 fully saturated rings. The topological polar surface area (TPSA) is 143 Å². The SMILES string of the molecule is C[C@@H]1CN([C@@H](C)CO)C(=O)c2cc(NS(=O)(=O)c3cn(C)cn3)ccc2O[C@@H](C)CCCCO[C@H]1CN(C)C(=O)Cc1ccccc1. The second-order valence-electron chi connectivity index (χ2n) is 12.4. The van der Waals surface area contributed by atoms with Crippen LogP contribution in [0.2, 0.25) is 0 Å². The van der Waals surface area contributed by atoms with Gasteiger partial charge in [-0.25, -0.2) is 4.98 Å². The Morgan fingerprint density at radius 1 is 1.17 bits per heavy atom. The van der Waals surface area contributed by atoms with E-state index in [4.69, 9.17) is 9.47 Å². The van der Waals surface area contributed by atoms with Crippen LogP contribution in [0.15, 0.2) is 66.1 Å². The van der Waals surface area contributed by atoms with Crippen molar-refractivity contribution in [1.82, 2.24) is 19.4 Å². The molecule has 0 radical (unpaired) electrons. The van der Waals surface area contributed by atoms with Crippen LogP contribution in [-0.2, 0) is 33.0 Å². The molecule has 47 heavy (non-hydrogen) atoms. The van der Waals surface area contributed by atoms with Crippen LogP contribution in [0.4, 0.5) is 5.69 Å². The summed E-state index contributed by atoms with van der Waals surface area (Å²) < 4.78 is 42.7. The molecule has 2 aromatic carbocycles. The van der Waals surface area contributed by atoms with Gasteiger partial charge in [0.25, 0.3) is 15.9 Å². The summed E-state index contributed by atoms with van der Waals surface area (Å²) >= 11 is 0. The minimum atomic E-state index is -4.02. The van der Waals surface area contributed by atoms with E-state index < -0.39 is 22.0 Å². The number of carbonyl (C=O) groups excluding carboxylic acids is 2. The van der Waals surface area contributed by atoms with Gasteiger partial charge in [0.2, 0.25) is 5.91 Å². The van der Waals surface area contributed by atoms with Crippen LogP contribution in [0.1, 0.15) is 56.0 Å². The number of hydrogen-bond acceptors (Lipinski definition) is 8. The number of fused-ring (bicyclic) bond motifs is 1. The van der Waals surface area contributed by atoms with E-state index in [9.17, 15) is 23.1 Å². The van der Waals surface area contributed by atoms with Crippen LogP contribution in [0.3, 0.4) is 0 Å². The molecule has 1 aromatic heterocycles. The number of likely N-dealkylation sites (N-methyl/N-ethyl adjacent to an activating group) is 1. The normalized spacial score (nSPS) is 20.4. The molecule has 0 aliphatic carbocycles. The lowest BCUT2D eigenvalue weighted by atomic mass is 10.0. The number of anilines is 1. The van der Waals surface area contributed by atoms with Crippen molar-refractivity contribution in [2.24, 2.45) is 13.0 Å². The van der Waals surface area contributed by atoms with Gasteiger partial charge < -0.3 is 28.9 Å². The predicted molar refractivity (Wildman–Crippen MR) is 179 cm³/mol. The summed E-state index contributed by atoms with van der Waals surface area (Å²) in [7, 11) is -0.593. The monoisotopic (exact) mass is 669 g/mol. The van der Waals surface area contributed by atoms with Gasteiger partial charge in [-0.3, -0.25) is 14.3 Å². The smallest absolute Gasteiger partial charge is 0.280 e. The van der Waals surface area contributed by atoms with Gasteiger partial charge in [-0.15, -0.1) is 0 Å². The summed E-state index contributed by atoms with van der Waals surface area (Å²) in [4.78, 5) is 34.6. The number of imidazole rings is 1. The number of sulfonamides is 1. The van der Waals surface area contributed by atoms with Gasteiger partial charge in [-0.1, -0.05) is 37.3 Å². The van der Waals surface area contributed by atoms with Gasteiger partial charge in [0.1, 0.15) is 5.75 Å². The van der Waals surface area contributed by atoms with Gasteiger partial charge in [0.15, 0.2) is 5.03 Å². The van der Waals surface area contributed by atoms with Crippen LogP contribution >= 0.6 is 0 Å². The van der Waals surface area contributed by atoms with Gasteiger partial charge in [0.05, 0.1) is 43.2 Å². The van der Waals surface area contributed by atoms with Gasteiger partial charge in [-0.2, -0.15) is 8.42 Å². The zero-order chi connectivity index (χ0) is 34.1. The first-order chi connectivity index (χ1) is 22.4. The Morgan fingerprint density at radius 2 is 1.91 bits per heavy atom. The number of ether oxygens (including phenoxy) is 2. The van der Waals surface area contributed by atoms with Crippen LogP contribution in [0, 0.1) is 5.92 Å². The van der Waals surface area contributed by atoms with Crippen LogP contribution in [-0.4, -0.2) is 96.3 Å². The first kappa shape index (κ1) is 35.9. The Kier molecular flexibility index (Phi) is 12.4. The summed E-state index contributed by atoms with van der Waals surface area (Å²) in [6, 6.07) is 13.6. The zero-order valence-corrected chi connectivity index (χ0v) is 28.7. The van der Waals surface area contributed by atoms with E-state index in [1.807, 2.05) is 44.2 Å². The fourth-order valence-electron chi connectivity index (χ4n) is 5.46. The molecule has 2 N–H and O–H groups in total. The molecule has 0 spiro atoms. The summed E-state index contributed by atoms with van der Waals surface area (Å²) in [5.41, 5.74) is 1.26. The number of benzene rings is 2. The van der Waals surface area contributed by atoms with Gasteiger partial charge >= 0.3 is 0 Å². The van der Waals surface area contributed by atoms with Crippen LogP contribution in [0.5, 0.6) is 5.75 Å². The maximum absolute atomic E-state index is 14.3. The molecule has 0 saturated carbocycles. The molecule has 13 heteroatoms. The van der Waals surface area contributed by atoms with E-state index in [1.54, 1.807) is 43.0 Å². The van der Waals surface area contributed by atoms with E-state index >= 15 is 0 Å². The number of nitrogens with zero attached hydrogens (tertiary/aromatic N) is 4. The third kappa shape index (κ3) is 9.78. The highest BCUT2D eigenvalue weighted by atomic mass is 32.2. The molecule has 0 unspecified atom stereocenters. The van der Waals surface area contributed by atoms with Crippen molar-refractivity contribution in [2.45, 2.75) is 69.7 Å². The van der Waals surface area contributed by atoms with Crippen molar-refractivity contribution < 1.29 is 32.6 Å². The Hall–Kier alpha value is -3.94. The van der Waals surface area contributed by atoms with Crippen LogP contribution in [0.25, 0.3) is 0 Å². The number of rotatable bonds is 9. The second kappa shape index (κ2) is 16.2. The van der Waals surface area contributed by atoms with Crippen molar-refractivity contribution in [2.75, 3.05) is 38.1 Å². The lowest BCUT2D eigenvalue weighted by molar-refractivity contribution is -0.131. The van der Waals surface area contributed by atoms with Crippen LogP contribution < -0.4 is 9.46 Å². The molecular formula is C34H47N5O7S. The molecule has 4 atom stereocenters. The molecule has 1 aliphatic heterocycles. The molecule has 4 rings (SSSR count). The molecule has 2 amide bonds. The Morgan fingerprint density at radius 3 is 2.60 bits per heavy atom. The zero-order valence-electron chi connectivity index (χ0n) is 27.8. The van der Waals surface area contributed by atoms with E-state index in [2.05, 4.69) is 9.71 Å². The minimum Gasteiger partial charge on any atom is -0.490 e. The van der Waals surface area contributed by atoms with Crippen molar-refractivity contribution in [3.8, 4) is 5.75 Å². The van der Waals surface area contributed by atoms with E-state index in [0.29, 0.717) is 25.3 Å². The molecule has 256 valence electrons.